The molecule has 3 aliphatic rings. The number of Topliss-reactive ketones (excluding diaryl/α,β-unsaturated/α-hetero) is 1. The molecule has 1 unspecified atom stereocenters. The molecule has 0 amide bonds. The van der Waals surface area contributed by atoms with Crippen LogP contribution in [0.15, 0.2) is 24.3 Å². The average Bonchev–Trinajstić information content (AvgIpc) is 3.23. The number of fused-ring (bicyclic) bond motifs is 6. The van der Waals surface area contributed by atoms with Gasteiger partial charge in [0.25, 0.3) is 0 Å². The Morgan fingerprint density at radius 2 is 1.90 bits per heavy atom. The van der Waals surface area contributed by atoms with Gasteiger partial charge in [0.2, 0.25) is 0 Å². The summed E-state index contributed by atoms with van der Waals surface area (Å²) in [6, 6.07) is 7.11. The number of hydrogen-bond acceptors (Lipinski definition) is 7. The highest BCUT2D eigenvalue weighted by Crippen LogP contribution is 2.50. The van der Waals surface area contributed by atoms with Gasteiger partial charge in [0.1, 0.15) is 36.1 Å². The summed E-state index contributed by atoms with van der Waals surface area (Å²) in [5, 5.41) is 9.69. The van der Waals surface area contributed by atoms with E-state index >= 15 is 0 Å². The SMILES string of the molecule is COc1cc2c(cc1OC)[C@@H]1C(=O)c3ccc4c(c3O[C@@H]1CO2)CC([C@](C)([82Br])CO)O4. The Hall–Kier alpha value is -2.45. The molecule has 0 saturated carbocycles. The number of methoxy groups -OCH3 is 2. The fourth-order valence-electron chi connectivity index (χ4n) is 4.50. The molecule has 0 spiro atoms. The van der Waals surface area contributed by atoms with Gasteiger partial charge in [-0.25, -0.2) is 0 Å². The zero-order valence-corrected chi connectivity index (χ0v) is 19.0. The zero-order chi connectivity index (χ0) is 21.9. The molecular weight excluding hydrogens is 470 g/mol. The van der Waals surface area contributed by atoms with Crippen molar-refractivity contribution in [3.05, 3.63) is 41.0 Å². The molecule has 0 saturated heterocycles. The van der Waals surface area contributed by atoms with E-state index in [1.54, 1.807) is 32.4 Å². The Kier molecular flexibility index (Phi) is 4.82. The molecule has 0 bridgehead atoms. The fraction of sp³-hybridized carbons (Fsp3) is 0.435. The minimum absolute atomic E-state index is 0.0157. The maximum atomic E-state index is 13.6. The van der Waals surface area contributed by atoms with E-state index < -0.39 is 16.3 Å². The van der Waals surface area contributed by atoms with Crippen LogP contribution in [0, 0.1) is 0 Å². The van der Waals surface area contributed by atoms with E-state index in [9.17, 15) is 9.90 Å². The van der Waals surface area contributed by atoms with Crippen molar-refractivity contribution >= 4 is 21.7 Å². The van der Waals surface area contributed by atoms with E-state index in [1.807, 2.05) is 13.0 Å². The molecule has 31 heavy (non-hydrogen) atoms. The average molecular weight is 493 g/mol. The summed E-state index contributed by atoms with van der Waals surface area (Å²) in [5.74, 6) is 2.41. The predicted octanol–water partition coefficient (Wildman–Crippen LogP) is 3.27. The molecule has 8 heteroatoms. The van der Waals surface area contributed by atoms with E-state index in [0.717, 1.165) is 11.1 Å². The third-order valence-corrected chi connectivity index (χ3v) is 7.06. The Bertz CT molecular complexity index is 1060. The molecule has 2 aromatic carbocycles. The summed E-state index contributed by atoms with van der Waals surface area (Å²) in [5.41, 5.74) is 2.12. The van der Waals surface area contributed by atoms with Crippen LogP contribution in [0.1, 0.15) is 34.3 Å². The second-order valence-corrected chi connectivity index (χ2v) is 10.0. The van der Waals surface area contributed by atoms with Crippen LogP contribution < -0.4 is 23.7 Å². The van der Waals surface area contributed by atoms with Gasteiger partial charge in [0.15, 0.2) is 17.3 Å². The van der Waals surface area contributed by atoms with Crippen molar-refractivity contribution in [3.8, 4) is 28.7 Å². The first-order valence-electron chi connectivity index (χ1n) is 10.1. The second kappa shape index (κ2) is 7.31. The second-order valence-electron chi connectivity index (χ2n) is 8.22. The zero-order valence-electron chi connectivity index (χ0n) is 17.4. The number of carbonyl (C=O) groups excluding carboxylic acids is 1. The van der Waals surface area contributed by atoms with Gasteiger partial charge in [0, 0.05) is 23.6 Å². The van der Waals surface area contributed by atoms with Gasteiger partial charge in [-0.1, -0.05) is 15.9 Å². The lowest BCUT2D eigenvalue weighted by molar-refractivity contribution is 0.0554. The van der Waals surface area contributed by atoms with E-state index in [-0.39, 0.29) is 25.1 Å². The first-order valence-corrected chi connectivity index (χ1v) is 10.9. The van der Waals surface area contributed by atoms with Crippen LogP contribution in [0.2, 0.25) is 0 Å². The monoisotopic (exact) mass is 493 g/mol. The number of halogens is 1. The van der Waals surface area contributed by atoms with Crippen LogP contribution in [-0.4, -0.2) is 54.9 Å². The quantitative estimate of drug-likeness (QED) is 0.655. The minimum atomic E-state index is -0.595. The number of benzene rings is 2. The van der Waals surface area contributed by atoms with Crippen LogP contribution >= 0.6 is 15.9 Å². The van der Waals surface area contributed by atoms with Crippen molar-refractivity contribution in [3.63, 3.8) is 0 Å². The lowest BCUT2D eigenvalue weighted by atomic mass is 9.81. The highest BCUT2D eigenvalue weighted by molar-refractivity contribution is 9.10. The first-order chi connectivity index (χ1) is 14.9. The van der Waals surface area contributed by atoms with Crippen LogP contribution in [-0.2, 0) is 6.42 Å². The number of hydrogen-bond donors (Lipinski definition) is 1. The molecule has 0 aliphatic carbocycles. The lowest BCUT2D eigenvalue weighted by Crippen LogP contribution is -2.43. The molecule has 0 aromatic heterocycles. The summed E-state index contributed by atoms with van der Waals surface area (Å²) in [6.07, 6.45) is -0.187. The summed E-state index contributed by atoms with van der Waals surface area (Å²) in [4.78, 5) is 13.6. The van der Waals surface area contributed by atoms with Crippen molar-refractivity contribution in [2.24, 2.45) is 0 Å². The van der Waals surface area contributed by atoms with Crippen LogP contribution in [0.4, 0.5) is 0 Å². The summed E-state index contributed by atoms with van der Waals surface area (Å²) in [7, 11) is 3.12. The minimum Gasteiger partial charge on any atom is -0.493 e. The molecule has 5 rings (SSSR count). The van der Waals surface area contributed by atoms with Crippen molar-refractivity contribution < 1.29 is 33.6 Å². The van der Waals surface area contributed by atoms with Gasteiger partial charge in [0.05, 0.1) is 36.6 Å². The van der Waals surface area contributed by atoms with Gasteiger partial charge in [-0.3, -0.25) is 4.79 Å². The van der Waals surface area contributed by atoms with Gasteiger partial charge in [-0.05, 0) is 25.1 Å². The maximum Gasteiger partial charge on any atom is 0.178 e. The van der Waals surface area contributed by atoms with E-state index in [1.165, 1.54) is 0 Å². The Labute approximate surface area is 188 Å². The Morgan fingerprint density at radius 1 is 1.16 bits per heavy atom. The molecule has 0 fully saturated rings. The number of rotatable bonds is 4. The number of ether oxygens (including phenoxy) is 5. The van der Waals surface area contributed by atoms with Crippen molar-refractivity contribution in [1.29, 1.82) is 0 Å². The largest absolute Gasteiger partial charge is 0.493 e. The maximum absolute atomic E-state index is 13.6. The normalized spacial score (nSPS) is 24.9. The molecular formula is C23H23BrO7. The van der Waals surface area contributed by atoms with Gasteiger partial charge in [-0.2, -0.15) is 0 Å². The summed E-state index contributed by atoms with van der Waals surface area (Å²) < 4.78 is 28.5. The Morgan fingerprint density at radius 3 is 2.61 bits per heavy atom. The standard InChI is InChI=1S/C23H23BrO7/c1-23(24,10-25)19-7-13-14(30-19)5-4-11-21(26)20-12-6-16(27-2)17(28-3)8-15(12)29-9-18(20)31-22(11)13/h4-6,8,18-20,25H,7,9-10H2,1-3H3/t18-,19?,20+,23-/m1/s1/i24+2. The van der Waals surface area contributed by atoms with E-state index in [2.05, 4.69) is 15.9 Å². The number of alkyl halides is 1. The first kappa shape index (κ1) is 20.5. The third-order valence-electron chi connectivity index (χ3n) is 6.30. The molecule has 3 aliphatic heterocycles. The molecule has 4 atom stereocenters. The predicted molar refractivity (Wildman–Crippen MR) is 116 cm³/mol. The highest BCUT2D eigenvalue weighted by atomic mass is 81.9. The molecule has 0 radical (unpaired) electrons. The van der Waals surface area contributed by atoms with Crippen LogP contribution in [0.5, 0.6) is 28.7 Å². The molecule has 3 heterocycles. The molecule has 1 N–H and O–H groups in total. The van der Waals surface area contributed by atoms with E-state index in [4.69, 9.17) is 23.7 Å². The van der Waals surface area contributed by atoms with Crippen molar-refractivity contribution in [2.75, 3.05) is 27.4 Å². The summed E-state index contributed by atoms with van der Waals surface area (Å²) >= 11 is 3.55. The van der Waals surface area contributed by atoms with Crippen molar-refractivity contribution in [1.82, 2.24) is 0 Å². The fourth-order valence-corrected chi connectivity index (χ4v) is 4.76. The van der Waals surface area contributed by atoms with Crippen LogP contribution in [0.25, 0.3) is 0 Å². The number of aliphatic hydroxyl groups is 1. The highest BCUT2D eigenvalue weighted by Gasteiger charge is 2.47. The van der Waals surface area contributed by atoms with Gasteiger partial charge in [-0.15, -0.1) is 0 Å². The Balaban J connectivity index is 1.55. The number of ketones is 1. The summed E-state index contributed by atoms with van der Waals surface area (Å²) in [6.45, 7) is 2.05. The van der Waals surface area contributed by atoms with Gasteiger partial charge >= 0.3 is 0 Å². The van der Waals surface area contributed by atoms with Crippen molar-refractivity contribution in [2.45, 2.75) is 35.8 Å². The third kappa shape index (κ3) is 3.07. The van der Waals surface area contributed by atoms with Gasteiger partial charge < -0.3 is 28.8 Å². The van der Waals surface area contributed by atoms with E-state index in [0.29, 0.717) is 40.7 Å². The number of aliphatic hydroxyl groups excluding tert-OH is 1. The topological polar surface area (TPSA) is 83.5 Å². The molecule has 2 aromatic rings. The van der Waals surface area contributed by atoms with Crippen LogP contribution in [0.3, 0.4) is 0 Å². The molecule has 7 nitrogen and oxygen atoms in total. The lowest BCUT2D eigenvalue weighted by Gasteiger charge is -2.37. The molecule has 164 valence electrons. The smallest absolute Gasteiger partial charge is 0.178 e. The number of carbonyl (C=O) groups is 1.